The first kappa shape index (κ1) is 43.1. The maximum Gasteiger partial charge on any atom is 0.311 e. The number of carbonyl (C=O) groups excluding carboxylic acids is 3. The molecule has 7 nitrogen and oxygen atoms in total. The quantitative estimate of drug-likeness (QED) is 0.0640. The molecule has 2 unspecified atom stereocenters. The second kappa shape index (κ2) is 24.2. The average molecular weight is 671 g/mol. The molecule has 1 fully saturated rings. The largest absolute Gasteiger partial charge is 0.490 e. The second-order valence-corrected chi connectivity index (χ2v) is 14.5. The maximum atomic E-state index is 12.8. The Hall–Kier alpha value is -2.93. The Labute approximate surface area is 292 Å². The smallest absolute Gasteiger partial charge is 0.311 e. The van der Waals surface area contributed by atoms with Crippen LogP contribution in [0.15, 0.2) is 29.9 Å². The van der Waals surface area contributed by atoms with Crippen LogP contribution in [0, 0.1) is 11.3 Å². The Morgan fingerprint density at radius 1 is 1.02 bits per heavy atom. The van der Waals surface area contributed by atoms with E-state index < -0.39 is 0 Å². The Morgan fingerprint density at radius 3 is 2.38 bits per heavy atom. The zero-order valence-electron chi connectivity index (χ0n) is 31.7. The predicted octanol–water partition coefficient (Wildman–Crippen LogP) is 11.0. The van der Waals surface area contributed by atoms with Crippen LogP contribution in [-0.2, 0) is 19.1 Å². The molecule has 1 saturated heterocycles. The monoisotopic (exact) mass is 670 g/mol. The van der Waals surface area contributed by atoms with Gasteiger partial charge in [0.25, 0.3) is 6.47 Å². The highest BCUT2D eigenvalue weighted by molar-refractivity contribution is 5.96. The highest BCUT2D eigenvalue weighted by Gasteiger charge is 2.26. The number of unbranched alkanes of at least 4 members (excludes halogenated alkanes) is 3. The number of Topliss-reactive ketones (excluding diaryl/α,β-unsaturated/α-hetero) is 1. The fourth-order valence-corrected chi connectivity index (χ4v) is 5.52. The van der Waals surface area contributed by atoms with Crippen LogP contribution in [0.2, 0.25) is 0 Å². The lowest BCUT2D eigenvalue weighted by Crippen LogP contribution is -2.15. The molecule has 0 amide bonds. The normalized spacial score (nSPS) is 17.4. The molecule has 3 rings (SSSR count). The van der Waals surface area contributed by atoms with E-state index in [0.717, 1.165) is 56.0 Å². The van der Waals surface area contributed by atoms with Crippen molar-refractivity contribution in [3.63, 3.8) is 0 Å². The van der Waals surface area contributed by atoms with Gasteiger partial charge in [-0.15, -0.1) is 0 Å². The van der Waals surface area contributed by atoms with Crippen molar-refractivity contribution in [2.24, 2.45) is 11.3 Å². The van der Waals surface area contributed by atoms with Crippen molar-refractivity contribution in [3.8, 4) is 17.2 Å². The van der Waals surface area contributed by atoms with E-state index in [1.807, 2.05) is 39.8 Å². The summed E-state index contributed by atoms with van der Waals surface area (Å²) >= 11 is 0. The maximum absolute atomic E-state index is 12.8. The Bertz CT molecular complexity index is 1150. The fraction of sp³-hybridized carbons (Fsp3) is 0.683. The Morgan fingerprint density at radius 2 is 1.73 bits per heavy atom. The molecule has 1 aliphatic carbocycles. The number of rotatable bonds is 14. The molecule has 1 aliphatic heterocycles. The van der Waals surface area contributed by atoms with Crippen LogP contribution in [0.5, 0.6) is 17.2 Å². The summed E-state index contributed by atoms with van der Waals surface area (Å²) in [5.41, 5.74) is 2.38. The minimum Gasteiger partial charge on any atom is -0.490 e. The lowest BCUT2D eigenvalue weighted by atomic mass is 9.86. The van der Waals surface area contributed by atoms with Crippen molar-refractivity contribution in [1.29, 1.82) is 0 Å². The highest BCUT2D eigenvalue weighted by Crippen LogP contribution is 2.44. The van der Waals surface area contributed by atoms with Gasteiger partial charge in [0.1, 0.15) is 23.0 Å². The van der Waals surface area contributed by atoms with Gasteiger partial charge in [-0.25, -0.2) is 0 Å². The van der Waals surface area contributed by atoms with E-state index in [9.17, 15) is 14.4 Å². The summed E-state index contributed by atoms with van der Waals surface area (Å²) in [4.78, 5) is 36.5. The van der Waals surface area contributed by atoms with Crippen molar-refractivity contribution in [3.05, 3.63) is 35.4 Å². The van der Waals surface area contributed by atoms with E-state index >= 15 is 0 Å². The van der Waals surface area contributed by atoms with Crippen molar-refractivity contribution >= 4 is 23.8 Å². The van der Waals surface area contributed by atoms with E-state index in [1.54, 1.807) is 12.1 Å². The minimum atomic E-state index is -0.359. The zero-order valence-corrected chi connectivity index (χ0v) is 31.7. The number of hydrogen-bond donors (Lipinski definition) is 0. The SMILES string of the molecule is CC1CCCOCC1.CC=CC.CCCCCCC(C)Oc1cc(OC=O)c(C2=C(C)CCC(=O)C2)c(OC(=O)CCCC(C)(C)C)c1. The molecule has 1 aromatic carbocycles. The van der Waals surface area contributed by atoms with Gasteiger partial charge in [-0.1, -0.05) is 71.6 Å². The molecule has 2 aliphatic rings. The van der Waals surface area contributed by atoms with Gasteiger partial charge in [0, 0.05) is 44.6 Å². The summed E-state index contributed by atoms with van der Waals surface area (Å²) in [6.07, 6.45) is 16.5. The van der Waals surface area contributed by atoms with Crippen molar-refractivity contribution in [2.45, 2.75) is 158 Å². The molecule has 2 atom stereocenters. The van der Waals surface area contributed by atoms with E-state index in [-0.39, 0.29) is 47.6 Å². The van der Waals surface area contributed by atoms with Crippen LogP contribution in [-0.4, -0.2) is 37.5 Å². The Balaban J connectivity index is 0.000000804. The first-order chi connectivity index (χ1) is 22.8. The number of ketones is 1. The van der Waals surface area contributed by atoms with Gasteiger partial charge in [-0.05, 0) is 96.0 Å². The summed E-state index contributed by atoms with van der Waals surface area (Å²) in [7, 11) is 0. The molecule has 7 heteroatoms. The van der Waals surface area contributed by atoms with E-state index in [1.165, 1.54) is 32.1 Å². The molecular weight excluding hydrogens is 604 g/mol. The number of benzene rings is 1. The number of esters is 1. The van der Waals surface area contributed by atoms with Crippen molar-refractivity contribution < 1.29 is 33.3 Å². The third-order valence-corrected chi connectivity index (χ3v) is 8.59. The van der Waals surface area contributed by atoms with Crippen LogP contribution in [0.1, 0.15) is 158 Å². The van der Waals surface area contributed by atoms with Crippen LogP contribution < -0.4 is 14.2 Å². The average Bonchev–Trinajstić information content (AvgIpc) is 3.28. The third-order valence-electron chi connectivity index (χ3n) is 8.59. The first-order valence-electron chi connectivity index (χ1n) is 18.4. The molecule has 0 aromatic heterocycles. The lowest BCUT2D eigenvalue weighted by Gasteiger charge is -2.23. The van der Waals surface area contributed by atoms with Gasteiger partial charge in [0.2, 0.25) is 0 Å². The van der Waals surface area contributed by atoms with Gasteiger partial charge >= 0.3 is 5.97 Å². The molecule has 272 valence electrons. The van der Waals surface area contributed by atoms with Crippen LogP contribution >= 0.6 is 0 Å². The molecule has 0 radical (unpaired) electrons. The van der Waals surface area contributed by atoms with Crippen molar-refractivity contribution in [1.82, 2.24) is 0 Å². The summed E-state index contributed by atoms with van der Waals surface area (Å²) in [5.74, 6) is 1.63. The zero-order chi connectivity index (χ0) is 36.0. The summed E-state index contributed by atoms with van der Waals surface area (Å²) in [5, 5.41) is 0. The third kappa shape index (κ3) is 18.6. The molecular formula is C41H66O7. The minimum absolute atomic E-state index is 0.0515. The van der Waals surface area contributed by atoms with Crippen LogP contribution in [0.3, 0.4) is 0 Å². The molecule has 0 saturated carbocycles. The summed E-state index contributed by atoms with van der Waals surface area (Å²) < 4.78 is 22.6. The first-order valence-corrected chi connectivity index (χ1v) is 18.4. The topological polar surface area (TPSA) is 88.1 Å². The van der Waals surface area contributed by atoms with Gasteiger partial charge in [0.15, 0.2) is 0 Å². The van der Waals surface area contributed by atoms with E-state index in [2.05, 4.69) is 34.6 Å². The number of hydrogen-bond acceptors (Lipinski definition) is 7. The number of allylic oxidation sites excluding steroid dienone is 4. The lowest BCUT2D eigenvalue weighted by molar-refractivity contribution is -0.134. The standard InChI is InChI=1S/C30H44O6.C7H14O.C4H8/c1-7-8-9-10-12-22(3)35-24-18-26(34-20-31)29(25-17-23(32)15-14-21(25)2)27(19-24)36-28(33)13-11-16-30(4,5)6;1-7-3-2-5-8-6-4-7;1-3-4-2/h18-20,22H,7-17H2,1-6H3;7H,2-6H2,1H3;3-4H,1-2H3. The number of carbonyl (C=O) groups is 3. The molecule has 0 N–H and O–H groups in total. The van der Waals surface area contributed by atoms with Gasteiger partial charge < -0.3 is 18.9 Å². The summed E-state index contributed by atoms with van der Waals surface area (Å²) in [6, 6.07) is 3.35. The molecule has 0 spiro atoms. The number of ether oxygens (including phenoxy) is 4. The van der Waals surface area contributed by atoms with Gasteiger partial charge in [-0.2, -0.15) is 0 Å². The molecule has 1 heterocycles. The summed E-state index contributed by atoms with van der Waals surface area (Å²) in [6.45, 7) is 21.2. The molecule has 48 heavy (non-hydrogen) atoms. The van der Waals surface area contributed by atoms with E-state index in [0.29, 0.717) is 37.0 Å². The molecule has 0 bridgehead atoms. The Kier molecular flexibility index (Phi) is 21.8. The predicted molar refractivity (Wildman–Crippen MR) is 197 cm³/mol. The van der Waals surface area contributed by atoms with Crippen LogP contribution in [0.25, 0.3) is 5.57 Å². The fourth-order valence-electron chi connectivity index (χ4n) is 5.52. The second-order valence-electron chi connectivity index (χ2n) is 14.5. The van der Waals surface area contributed by atoms with Crippen LogP contribution in [0.4, 0.5) is 0 Å². The highest BCUT2D eigenvalue weighted by atomic mass is 16.5. The van der Waals surface area contributed by atoms with Gasteiger partial charge in [-0.3, -0.25) is 14.4 Å². The molecule has 1 aromatic rings. The van der Waals surface area contributed by atoms with Crippen molar-refractivity contribution in [2.75, 3.05) is 13.2 Å². The van der Waals surface area contributed by atoms with E-state index in [4.69, 9.17) is 18.9 Å². The van der Waals surface area contributed by atoms with Gasteiger partial charge in [0.05, 0.1) is 11.7 Å².